The molecule has 0 spiro atoms. The number of esters is 1. The fourth-order valence-corrected chi connectivity index (χ4v) is 1.55. The predicted molar refractivity (Wildman–Crippen MR) is 64.5 cm³/mol. The van der Waals surface area contributed by atoms with Crippen LogP contribution in [0.25, 0.3) is 0 Å². The van der Waals surface area contributed by atoms with E-state index >= 15 is 0 Å². The van der Waals surface area contributed by atoms with Crippen LogP contribution in [0.4, 0.5) is 0 Å². The first-order valence-electron chi connectivity index (χ1n) is 5.57. The van der Waals surface area contributed by atoms with E-state index in [-0.39, 0.29) is 5.97 Å². The molecule has 4 heteroatoms. The van der Waals surface area contributed by atoms with Crippen molar-refractivity contribution in [2.75, 3.05) is 20.8 Å². The Morgan fingerprint density at radius 3 is 2.59 bits per heavy atom. The number of hydrogen-bond acceptors (Lipinski definition) is 4. The Morgan fingerprint density at radius 1 is 1.24 bits per heavy atom. The summed E-state index contributed by atoms with van der Waals surface area (Å²) in [6.45, 7) is 2.21. The molecule has 0 atom stereocenters. The van der Waals surface area contributed by atoms with E-state index in [0.717, 1.165) is 17.1 Å². The van der Waals surface area contributed by atoms with Gasteiger partial charge in [0, 0.05) is 6.42 Å². The number of ether oxygens (including phenoxy) is 3. The normalized spacial score (nSPS) is 9.82. The van der Waals surface area contributed by atoms with Gasteiger partial charge in [-0.1, -0.05) is 0 Å². The van der Waals surface area contributed by atoms with Crippen molar-refractivity contribution in [1.29, 1.82) is 0 Å². The van der Waals surface area contributed by atoms with E-state index < -0.39 is 0 Å². The van der Waals surface area contributed by atoms with Crippen LogP contribution in [0.1, 0.15) is 18.9 Å². The molecule has 0 amide bonds. The molecule has 94 valence electrons. The fourth-order valence-electron chi connectivity index (χ4n) is 1.55. The van der Waals surface area contributed by atoms with Gasteiger partial charge < -0.3 is 14.2 Å². The van der Waals surface area contributed by atoms with Crippen LogP contribution in [0.15, 0.2) is 18.2 Å². The SMILES string of the molecule is CCOC(=O)CCc1cc(OC)ccc1OC. The van der Waals surface area contributed by atoms with Gasteiger partial charge in [-0.25, -0.2) is 0 Å². The Hall–Kier alpha value is -1.71. The number of methoxy groups -OCH3 is 2. The molecule has 1 aromatic carbocycles. The number of carbonyl (C=O) groups excluding carboxylic acids is 1. The topological polar surface area (TPSA) is 44.8 Å². The van der Waals surface area contributed by atoms with Gasteiger partial charge in [0.2, 0.25) is 0 Å². The third kappa shape index (κ3) is 3.98. The molecule has 0 heterocycles. The van der Waals surface area contributed by atoms with Crippen molar-refractivity contribution < 1.29 is 19.0 Å². The molecule has 0 saturated heterocycles. The monoisotopic (exact) mass is 238 g/mol. The lowest BCUT2D eigenvalue weighted by Gasteiger charge is -2.10. The van der Waals surface area contributed by atoms with E-state index in [1.165, 1.54) is 0 Å². The van der Waals surface area contributed by atoms with Crippen molar-refractivity contribution in [3.05, 3.63) is 23.8 Å². The van der Waals surface area contributed by atoms with Crippen LogP contribution in [0, 0.1) is 0 Å². The third-order valence-electron chi connectivity index (χ3n) is 2.39. The summed E-state index contributed by atoms with van der Waals surface area (Å²) in [4.78, 5) is 11.3. The van der Waals surface area contributed by atoms with Gasteiger partial charge in [-0.2, -0.15) is 0 Å². The van der Waals surface area contributed by atoms with E-state index in [1.54, 1.807) is 21.1 Å². The minimum atomic E-state index is -0.197. The van der Waals surface area contributed by atoms with Gasteiger partial charge in [0.25, 0.3) is 0 Å². The molecule has 1 aromatic rings. The van der Waals surface area contributed by atoms with Crippen molar-refractivity contribution in [3.63, 3.8) is 0 Å². The molecule has 0 aliphatic rings. The molecule has 17 heavy (non-hydrogen) atoms. The Bertz CT molecular complexity index is 374. The molecule has 0 aliphatic carbocycles. The highest BCUT2D eigenvalue weighted by Gasteiger charge is 2.08. The molecule has 0 fully saturated rings. The zero-order valence-electron chi connectivity index (χ0n) is 10.5. The Morgan fingerprint density at radius 2 is 2.00 bits per heavy atom. The van der Waals surface area contributed by atoms with Gasteiger partial charge in [-0.3, -0.25) is 4.79 Å². The molecule has 1 rings (SSSR count). The van der Waals surface area contributed by atoms with Gasteiger partial charge >= 0.3 is 5.97 Å². The maximum Gasteiger partial charge on any atom is 0.306 e. The average Bonchev–Trinajstić information content (AvgIpc) is 2.36. The van der Waals surface area contributed by atoms with Crippen molar-refractivity contribution >= 4 is 5.97 Å². The summed E-state index contributed by atoms with van der Waals surface area (Å²) in [5, 5.41) is 0. The summed E-state index contributed by atoms with van der Waals surface area (Å²) >= 11 is 0. The lowest BCUT2D eigenvalue weighted by Crippen LogP contribution is -2.06. The first-order valence-corrected chi connectivity index (χ1v) is 5.57. The quantitative estimate of drug-likeness (QED) is 0.713. The molecule has 0 saturated carbocycles. The van der Waals surface area contributed by atoms with Gasteiger partial charge in [0.1, 0.15) is 11.5 Å². The average molecular weight is 238 g/mol. The second kappa shape index (κ2) is 6.78. The Labute approximate surface area is 101 Å². The molecule has 0 aromatic heterocycles. The lowest BCUT2D eigenvalue weighted by atomic mass is 10.1. The maximum atomic E-state index is 11.3. The van der Waals surface area contributed by atoms with Crippen molar-refractivity contribution in [3.8, 4) is 11.5 Å². The molecule has 0 aliphatic heterocycles. The van der Waals surface area contributed by atoms with Crippen molar-refractivity contribution in [1.82, 2.24) is 0 Å². The van der Waals surface area contributed by atoms with E-state index in [0.29, 0.717) is 19.4 Å². The first-order chi connectivity index (χ1) is 8.21. The second-order valence-corrected chi connectivity index (χ2v) is 3.48. The van der Waals surface area contributed by atoms with Crippen LogP contribution in [0.2, 0.25) is 0 Å². The molecule has 0 N–H and O–H groups in total. The number of benzene rings is 1. The summed E-state index contributed by atoms with van der Waals surface area (Å²) in [6, 6.07) is 5.53. The van der Waals surface area contributed by atoms with Crippen LogP contribution in [0.3, 0.4) is 0 Å². The molecule has 0 bridgehead atoms. The van der Waals surface area contributed by atoms with Gasteiger partial charge in [-0.15, -0.1) is 0 Å². The van der Waals surface area contributed by atoms with Crippen LogP contribution < -0.4 is 9.47 Å². The van der Waals surface area contributed by atoms with Gasteiger partial charge in [0.15, 0.2) is 0 Å². The Kier molecular flexibility index (Phi) is 5.33. The second-order valence-electron chi connectivity index (χ2n) is 3.48. The largest absolute Gasteiger partial charge is 0.497 e. The highest BCUT2D eigenvalue weighted by molar-refractivity contribution is 5.69. The minimum absolute atomic E-state index is 0.197. The number of carbonyl (C=O) groups is 1. The van der Waals surface area contributed by atoms with Crippen LogP contribution in [-0.4, -0.2) is 26.8 Å². The minimum Gasteiger partial charge on any atom is -0.497 e. The highest BCUT2D eigenvalue weighted by atomic mass is 16.5. The fraction of sp³-hybridized carbons (Fsp3) is 0.462. The van der Waals surface area contributed by atoms with E-state index in [1.807, 2.05) is 18.2 Å². The number of hydrogen-bond donors (Lipinski definition) is 0. The van der Waals surface area contributed by atoms with Crippen LogP contribution in [-0.2, 0) is 16.0 Å². The van der Waals surface area contributed by atoms with E-state index in [4.69, 9.17) is 14.2 Å². The molecule has 4 nitrogen and oxygen atoms in total. The van der Waals surface area contributed by atoms with Crippen LogP contribution in [0.5, 0.6) is 11.5 Å². The predicted octanol–water partition coefficient (Wildman–Crippen LogP) is 2.20. The first kappa shape index (κ1) is 13.4. The summed E-state index contributed by atoms with van der Waals surface area (Å²) in [6.07, 6.45) is 0.927. The summed E-state index contributed by atoms with van der Waals surface area (Å²) in [5.74, 6) is 1.32. The van der Waals surface area contributed by atoms with Gasteiger partial charge in [-0.05, 0) is 37.1 Å². The summed E-state index contributed by atoms with van der Waals surface area (Å²) < 4.78 is 15.2. The summed E-state index contributed by atoms with van der Waals surface area (Å²) in [5.41, 5.74) is 0.944. The van der Waals surface area contributed by atoms with Crippen molar-refractivity contribution in [2.45, 2.75) is 19.8 Å². The summed E-state index contributed by atoms with van der Waals surface area (Å²) in [7, 11) is 3.21. The van der Waals surface area contributed by atoms with Crippen molar-refractivity contribution in [2.24, 2.45) is 0 Å². The zero-order chi connectivity index (χ0) is 12.7. The molecule has 0 radical (unpaired) electrons. The number of aryl methyl sites for hydroxylation is 1. The highest BCUT2D eigenvalue weighted by Crippen LogP contribution is 2.25. The van der Waals surface area contributed by atoms with E-state index in [9.17, 15) is 4.79 Å². The molecule has 0 unspecified atom stereocenters. The van der Waals surface area contributed by atoms with E-state index in [2.05, 4.69) is 0 Å². The van der Waals surface area contributed by atoms with Gasteiger partial charge in [0.05, 0.1) is 20.8 Å². The standard InChI is InChI=1S/C13H18O4/c1-4-17-13(14)8-5-10-9-11(15-2)6-7-12(10)16-3/h6-7,9H,4-5,8H2,1-3H3. The van der Waals surface area contributed by atoms with Crippen LogP contribution >= 0.6 is 0 Å². The zero-order valence-corrected chi connectivity index (χ0v) is 10.5. The molecular formula is C13H18O4. The number of rotatable bonds is 6. The third-order valence-corrected chi connectivity index (χ3v) is 2.39. The smallest absolute Gasteiger partial charge is 0.306 e. The Balaban J connectivity index is 2.70. The molecular weight excluding hydrogens is 220 g/mol. The lowest BCUT2D eigenvalue weighted by molar-refractivity contribution is -0.143. The maximum absolute atomic E-state index is 11.3.